The van der Waals surface area contributed by atoms with Crippen molar-refractivity contribution in [3.8, 4) is 0 Å². The van der Waals surface area contributed by atoms with Crippen LogP contribution in [0.5, 0.6) is 0 Å². The van der Waals surface area contributed by atoms with Crippen molar-refractivity contribution in [1.82, 2.24) is 0 Å². The van der Waals surface area contributed by atoms with Gasteiger partial charge in [0, 0.05) is 14.2 Å². The van der Waals surface area contributed by atoms with E-state index in [1.165, 1.54) is 25.3 Å². The molecular weight excluding hydrogens is 283 g/mol. The van der Waals surface area contributed by atoms with Crippen LogP contribution < -0.4 is 0 Å². The van der Waals surface area contributed by atoms with Crippen LogP contribution in [0.25, 0.3) is 0 Å². The second-order valence-electron chi connectivity index (χ2n) is 7.55. The third-order valence-electron chi connectivity index (χ3n) is 3.66. The number of hydrogen-bond donors (Lipinski definition) is 0. The van der Waals surface area contributed by atoms with E-state index < -0.39 is 7.60 Å². The normalized spacial score (nSPS) is 13.5. The molecule has 0 amide bonds. The Hall–Kier alpha value is -0.630. The molecule has 1 aromatic rings. The van der Waals surface area contributed by atoms with Gasteiger partial charge >= 0.3 is 7.60 Å². The fraction of sp³-hybridized carbons (Fsp3) is 0.647. The maximum Gasteiger partial charge on any atom is 0.334 e. The molecule has 0 heterocycles. The van der Waals surface area contributed by atoms with Gasteiger partial charge in [-0.2, -0.15) is 0 Å². The van der Waals surface area contributed by atoms with E-state index in [4.69, 9.17) is 9.05 Å². The number of benzene rings is 1. The van der Waals surface area contributed by atoms with E-state index in [1.54, 1.807) is 0 Å². The molecule has 0 aliphatic heterocycles. The monoisotopic (exact) mass is 312 g/mol. The van der Waals surface area contributed by atoms with Gasteiger partial charge in [-0.3, -0.25) is 4.57 Å². The highest BCUT2D eigenvalue weighted by atomic mass is 31.2. The Morgan fingerprint density at radius 2 is 1.24 bits per heavy atom. The van der Waals surface area contributed by atoms with Gasteiger partial charge in [0.05, 0.1) is 6.16 Å². The van der Waals surface area contributed by atoms with Crippen molar-refractivity contribution < 1.29 is 13.6 Å². The molecule has 1 aromatic carbocycles. The Kier molecular flexibility index (Phi) is 5.47. The fourth-order valence-electron chi connectivity index (χ4n) is 2.08. The Morgan fingerprint density at radius 3 is 1.52 bits per heavy atom. The van der Waals surface area contributed by atoms with Gasteiger partial charge in [-0.25, -0.2) is 0 Å². The van der Waals surface area contributed by atoms with E-state index in [9.17, 15) is 4.57 Å². The van der Waals surface area contributed by atoms with E-state index in [-0.39, 0.29) is 10.8 Å². The van der Waals surface area contributed by atoms with Crippen LogP contribution in [0.3, 0.4) is 0 Å². The molecule has 4 heteroatoms. The number of hydrogen-bond acceptors (Lipinski definition) is 3. The molecule has 3 nitrogen and oxygen atoms in total. The lowest BCUT2D eigenvalue weighted by atomic mass is 9.80. The van der Waals surface area contributed by atoms with Gasteiger partial charge in [-0.15, -0.1) is 0 Å². The molecule has 0 atom stereocenters. The highest BCUT2D eigenvalue weighted by Crippen LogP contribution is 2.50. The first-order valence-corrected chi connectivity index (χ1v) is 8.99. The summed E-state index contributed by atoms with van der Waals surface area (Å²) in [6, 6.07) is 6.47. The Bertz CT molecular complexity index is 496. The minimum Gasteiger partial charge on any atom is -0.312 e. The van der Waals surface area contributed by atoms with Crippen LogP contribution in [0, 0.1) is 0 Å². The Balaban J connectivity index is 3.36. The Labute approximate surface area is 129 Å². The van der Waals surface area contributed by atoms with Crippen LogP contribution in [0.1, 0.15) is 58.2 Å². The van der Waals surface area contributed by atoms with Crippen LogP contribution in [0.15, 0.2) is 18.2 Å². The van der Waals surface area contributed by atoms with E-state index in [0.29, 0.717) is 6.16 Å². The summed E-state index contributed by atoms with van der Waals surface area (Å²) in [5.74, 6) is 0. The highest BCUT2D eigenvalue weighted by Gasteiger charge is 2.25. The van der Waals surface area contributed by atoms with E-state index >= 15 is 0 Å². The largest absolute Gasteiger partial charge is 0.334 e. The quantitative estimate of drug-likeness (QED) is 0.711. The van der Waals surface area contributed by atoms with E-state index in [1.807, 2.05) is 0 Å². The zero-order chi connectivity index (χ0) is 16.5. The zero-order valence-corrected chi connectivity index (χ0v) is 15.5. The summed E-state index contributed by atoms with van der Waals surface area (Å²) in [6.07, 6.45) is 0.299. The van der Waals surface area contributed by atoms with Crippen molar-refractivity contribution in [2.75, 3.05) is 14.2 Å². The standard InChI is InChI=1S/C17H29O3P/c1-16(2,3)14-9-13(12-21(18,19-7)20-8)10-15(11-14)17(4,5)6/h9-11H,12H2,1-8H3. The molecule has 0 spiro atoms. The summed E-state index contributed by atoms with van der Waals surface area (Å²) in [5, 5.41) is 0. The highest BCUT2D eigenvalue weighted by molar-refractivity contribution is 7.52. The fourth-order valence-corrected chi connectivity index (χ4v) is 3.11. The average Bonchev–Trinajstić information content (AvgIpc) is 2.36. The lowest BCUT2D eigenvalue weighted by Gasteiger charge is -2.26. The van der Waals surface area contributed by atoms with Crippen molar-refractivity contribution in [3.05, 3.63) is 34.9 Å². The maximum absolute atomic E-state index is 12.4. The molecule has 0 aromatic heterocycles. The van der Waals surface area contributed by atoms with Gasteiger partial charge in [0.2, 0.25) is 0 Å². The minimum atomic E-state index is -3.05. The van der Waals surface area contributed by atoms with Crippen LogP contribution in [0.4, 0.5) is 0 Å². The second-order valence-corrected chi connectivity index (χ2v) is 9.82. The molecule has 21 heavy (non-hydrogen) atoms. The molecule has 0 saturated carbocycles. The maximum atomic E-state index is 12.4. The smallest absolute Gasteiger partial charge is 0.312 e. The first-order valence-electron chi connectivity index (χ1n) is 7.27. The molecule has 1 rings (SSSR count). The average molecular weight is 312 g/mol. The van der Waals surface area contributed by atoms with E-state index in [2.05, 4.69) is 59.7 Å². The molecule has 0 bridgehead atoms. The van der Waals surface area contributed by atoms with Gasteiger partial charge in [0.25, 0.3) is 0 Å². The van der Waals surface area contributed by atoms with Gasteiger partial charge in [-0.05, 0) is 27.5 Å². The topological polar surface area (TPSA) is 35.5 Å². The van der Waals surface area contributed by atoms with Crippen molar-refractivity contribution in [2.24, 2.45) is 0 Å². The van der Waals surface area contributed by atoms with Crippen LogP contribution in [-0.2, 0) is 30.6 Å². The molecule has 0 aliphatic carbocycles. The predicted molar refractivity (Wildman–Crippen MR) is 89.2 cm³/mol. The van der Waals surface area contributed by atoms with Gasteiger partial charge in [0.15, 0.2) is 0 Å². The van der Waals surface area contributed by atoms with Gasteiger partial charge < -0.3 is 9.05 Å². The summed E-state index contributed by atoms with van der Waals surface area (Å²) in [4.78, 5) is 0. The Morgan fingerprint density at radius 1 is 0.857 bits per heavy atom. The SMILES string of the molecule is COP(=O)(Cc1cc(C(C)(C)C)cc(C(C)(C)C)c1)OC. The van der Waals surface area contributed by atoms with Crippen molar-refractivity contribution in [1.29, 1.82) is 0 Å². The molecule has 0 N–H and O–H groups in total. The van der Waals surface area contributed by atoms with Crippen LogP contribution in [-0.4, -0.2) is 14.2 Å². The summed E-state index contributed by atoms with van der Waals surface area (Å²) in [5.41, 5.74) is 3.56. The van der Waals surface area contributed by atoms with Crippen molar-refractivity contribution in [2.45, 2.75) is 58.5 Å². The van der Waals surface area contributed by atoms with Crippen molar-refractivity contribution >= 4 is 7.60 Å². The molecule has 0 fully saturated rings. The van der Waals surface area contributed by atoms with E-state index in [0.717, 1.165) is 5.56 Å². The summed E-state index contributed by atoms with van der Waals surface area (Å²) >= 11 is 0. The number of rotatable bonds is 4. The van der Waals surface area contributed by atoms with Gasteiger partial charge in [0.1, 0.15) is 0 Å². The predicted octanol–water partition coefficient (Wildman–Crippen LogP) is 5.27. The third-order valence-corrected chi connectivity index (χ3v) is 5.52. The zero-order valence-electron chi connectivity index (χ0n) is 14.6. The molecule has 120 valence electrons. The lowest BCUT2D eigenvalue weighted by molar-refractivity contribution is 0.274. The molecule has 0 saturated heterocycles. The lowest BCUT2D eigenvalue weighted by Crippen LogP contribution is -2.17. The molecule has 0 aliphatic rings. The molecular formula is C17H29O3P. The van der Waals surface area contributed by atoms with Gasteiger partial charge in [-0.1, -0.05) is 59.7 Å². The van der Waals surface area contributed by atoms with Crippen molar-refractivity contribution in [3.63, 3.8) is 0 Å². The molecule has 0 unspecified atom stereocenters. The second kappa shape index (κ2) is 6.24. The summed E-state index contributed by atoms with van der Waals surface area (Å²) in [6.45, 7) is 13.1. The molecule has 0 radical (unpaired) electrons. The summed E-state index contributed by atoms with van der Waals surface area (Å²) in [7, 11) is -0.181. The minimum absolute atomic E-state index is 0.0418. The van der Waals surface area contributed by atoms with Crippen LogP contribution in [0.2, 0.25) is 0 Å². The third kappa shape index (κ3) is 4.95. The summed E-state index contributed by atoms with van der Waals surface area (Å²) < 4.78 is 22.5. The first kappa shape index (κ1) is 18.4. The van der Waals surface area contributed by atoms with Crippen LogP contribution >= 0.6 is 7.60 Å². The first-order chi connectivity index (χ1) is 9.41.